The molecule has 0 amide bonds. The van der Waals surface area contributed by atoms with Crippen LogP contribution < -0.4 is 19.3 Å². The fourth-order valence-corrected chi connectivity index (χ4v) is 13.6. The summed E-state index contributed by atoms with van der Waals surface area (Å²) in [6.45, 7) is 9.44. The Morgan fingerprint density at radius 1 is 0.600 bits per heavy atom. The molecule has 0 bridgehead atoms. The van der Waals surface area contributed by atoms with Gasteiger partial charge in [0.15, 0.2) is 0 Å². The van der Waals surface area contributed by atoms with Gasteiger partial charge in [0.05, 0.1) is 21.2 Å². The molecule has 4 aliphatic rings. The summed E-state index contributed by atoms with van der Waals surface area (Å²) in [5.74, 6) is 0.684. The van der Waals surface area contributed by atoms with E-state index in [1.54, 1.807) is 49.8 Å². The summed E-state index contributed by atoms with van der Waals surface area (Å²) < 4.78 is 70.5. The molecular weight excluding hydrogens is 969 g/mol. The second kappa shape index (κ2) is 22.5. The van der Waals surface area contributed by atoms with Gasteiger partial charge in [0, 0.05) is 62.8 Å². The minimum atomic E-state index is -3.80. The second-order valence-electron chi connectivity index (χ2n) is 18.7. The van der Waals surface area contributed by atoms with Crippen molar-refractivity contribution in [2.45, 2.75) is 124 Å². The Kier molecular flexibility index (Phi) is 17.2. The smallest absolute Gasteiger partial charge is 0.313 e. The Bertz CT molecular complexity index is 2520. The van der Waals surface area contributed by atoms with E-state index in [0.29, 0.717) is 61.6 Å². The van der Waals surface area contributed by atoms with Crippen LogP contribution >= 0.6 is 23.5 Å². The van der Waals surface area contributed by atoms with Gasteiger partial charge in [-0.15, -0.1) is 23.5 Å². The fraction of sp³-hybridized carbons (Fsp3) is 0.500. The number of likely N-dealkylation sites (N-methyl/N-ethyl adjacent to an activating group) is 2. The molecule has 0 saturated heterocycles. The SMILES string of the molecule is CCCC[C@@H]1CN(c2ccccc2)c2cc(SCC)c(OCC3(C(=O)O)CC3)cc2S(=O)(=O)N1C.CCCC[C@H]1CN(c2ccccc2)c2cc(SCC)c(OCC3(C(=O)O)CC3)cc2S(=O)(=O)N1C. The third kappa shape index (κ3) is 11.4. The fourth-order valence-electron chi connectivity index (χ4n) is 8.91. The van der Waals surface area contributed by atoms with E-state index in [0.717, 1.165) is 71.2 Å². The van der Waals surface area contributed by atoms with Crippen molar-refractivity contribution in [1.29, 1.82) is 0 Å². The topological polar surface area (TPSA) is 174 Å². The minimum Gasteiger partial charge on any atom is -0.491 e. The Labute approximate surface area is 423 Å². The molecular formula is C52H68N4O10S4. The minimum absolute atomic E-state index is 0.0375. The third-order valence-corrected chi connectivity index (χ3v) is 19.6. The van der Waals surface area contributed by atoms with E-state index in [4.69, 9.17) is 9.47 Å². The summed E-state index contributed by atoms with van der Waals surface area (Å²) in [6.07, 6.45) is 7.69. The molecule has 70 heavy (non-hydrogen) atoms. The van der Waals surface area contributed by atoms with Gasteiger partial charge in [-0.25, -0.2) is 16.8 Å². The quantitative estimate of drug-likeness (QED) is 0.0800. The van der Waals surface area contributed by atoms with Crippen LogP contribution in [0.3, 0.4) is 0 Å². The molecule has 14 nitrogen and oxygen atoms in total. The summed E-state index contributed by atoms with van der Waals surface area (Å²) in [7, 11) is -4.28. The molecule has 2 heterocycles. The number of hydrogen-bond acceptors (Lipinski definition) is 12. The lowest BCUT2D eigenvalue weighted by Crippen LogP contribution is -2.40. The van der Waals surface area contributed by atoms with E-state index in [2.05, 4.69) is 23.6 Å². The largest absolute Gasteiger partial charge is 0.491 e. The molecule has 0 spiro atoms. The third-order valence-electron chi connectivity index (χ3n) is 13.9. The predicted molar refractivity (Wildman–Crippen MR) is 279 cm³/mol. The molecule has 2 N–H and O–H groups in total. The van der Waals surface area contributed by atoms with Crippen LogP contribution in [-0.2, 0) is 29.6 Å². The average molecular weight is 1040 g/mol. The maximum atomic E-state index is 13.9. The molecule has 0 unspecified atom stereocenters. The van der Waals surface area contributed by atoms with Crippen molar-refractivity contribution in [2.75, 3.05) is 61.7 Å². The van der Waals surface area contributed by atoms with Crippen LogP contribution in [0.2, 0.25) is 0 Å². The number of anilines is 4. The maximum absolute atomic E-state index is 13.9. The molecule has 18 heteroatoms. The lowest BCUT2D eigenvalue weighted by molar-refractivity contribution is -0.145. The summed E-state index contributed by atoms with van der Waals surface area (Å²) in [6, 6.07) is 26.4. The number of rotatable bonds is 20. The monoisotopic (exact) mass is 1040 g/mol. The van der Waals surface area contributed by atoms with E-state index in [-0.39, 0.29) is 35.1 Å². The van der Waals surface area contributed by atoms with Crippen LogP contribution in [0, 0.1) is 10.8 Å². The lowest BCUT2D eigenvalue weighted by atomic mass is 10.1. The van der Waals surface area contributed by atoms with Crippen molar-refractivity contribution in [3.8, 4) is 11.5 Å². The van der Waals surface area contributed by atoms with E-state index in [9.17, 15) is 36.6 Å². The number of benzene rings is 4. The van der Waals surface area contributed by atoms with Crippen molar-refractivity contribution >= 4 is 78.3 Å². The number of carbonyl (C=O) groups is 2. The Morgan fingerprint density at radius 3 is 1.26 bits per heavy atom. The van der Waals surface area contributed by atoms with E-state index < -0.39 is 42.8 Å². The van der Waals surface area contributed by atoms with Crippen LogP contribution in [0.5, 0.6) is 11.5 Å². The zero-order valence-corrected chi connectivity index (χ0v) is 44.4. The molecule has 4 aromatic carbocycles. The van der Waals surface area contributed by atoms with Gasteiger partial charge >= 0.3 is 11.9 Å². The lowest BCUT2D eigenvalue weighted by Gasteiger charge is -2.29. The number of carboxylic acids is 2. The first-order valence-corrected chi connectivity index (χ1v) is 29.3. The van der Waals surface area contributed by atoms with Crippen LogP contribution in [0.4, 0.5) is 22.7 Å². The number of nitrogens with zero attached hydrogens (tertiary/aromatic N) is 4. The molecule has 2 aliphatic carbocycles. The highest BCUT2D eigenvalue weighted by molar-refractivity contribution is 7.99. The van der Waals surface area contributed by atoms with Gasteiger partial charge in [0.1, 0.15) is 45.3 Å². The summed E-state index contributed by atoms with van der Waals surface area (Å²) in [5.41, 5.74) is 1.40. The summed E-state index contributed by atoms with van der Waals surface area (Å²) in [5, 5.41) is 19.1. The predicted octanol–water partition coefficient (Wildman–Crippen LogP) is 10.7. The zero-order chi connectivity index (χ0) is 50.4. The number of carboxylic acid groups (broad SMARTS) is 2. The molecule has 2 aliphatic heterocycles. The number of hydrogen-bond donors (Lipinski definition) is 2. The standard InChI is InChI=1S/2C26H34N2O5S2/c2*1-4-6-10-20-17-28(19-11-8-7-9-12-19)21-15-23(34-5-2)22(16-24(21)35(31,32)27(20)3)33-18-26(13-14-26)25(29)30/h2*7-9,11-12,15-16,20H,4-6,10,13-14,17-18H2,1-3H3,(H,29,30)/t2*20-/m10/s1. The van der Waals surface area contributed by atoms with Gasteiger partial charge in [-0.2, -0.15) is 8.61 Å². The normalized spacial score (nSPS) is 20.7. The summed E-state index contributed by atoms with van der Waals surface area (Å²) in [4.78, 5) is 29.6. The first-order chi connectivity index (χ1) is 33.5. The maximum Gasteiger partial charge on any atom is 0.313 e. The first-order valence-electron chi connectivity index (χ1n) is 24.4. The number of para-hydroxylation sites is 2. The van der Waals surface area contributed by atoms with Crippen molar-refractivity contribution in [1.82, 2.24) is 8.61 Å². The molecule has 4 aromatic rings. The number of ether oxygens (including phenoxy) is 2. The number of fused-ring (bicyclic) bond motifs is 2. The van der Waals surface area contributed by atoms with Crippen LogP contribution in [-0.4, -0.2) is 112 Å². The van der Waals surface area contributed by atoms with Crippen molar-refractivity contribution < 1.29 is 46.1 Å². The van der Waals surface area contributed by atoms with Crippen LogP contribution in [0.25, 0.3) is 0 Å². The molecule has 2 fully saturated rings. The van der Waals surface area contributed by atoms with Crippen molar-refractivity contribution in [3.63, 3.8) is 0 Å². The van der Waals surface area contributed by atoms with Gasteiger partial charge in [-0.3, -0.25) is 9.59 Å². The van der Waals surface area contributed by atoms with Crippen molar-refractivity contribution in [3.05, 3.63) is 84.9 Å². The van der Waals surface area contributed by atoms with E-state index in [1.165, 1.54) is 8.61 Å². The zero-order valence-electron chi connectivity index (χ0n) is 41.1. The van der Waals surface area contributed by atoms with Gasteiger partial charge in [-0.1, -0.05) is 89.8 Å². The molecule has 8 rings (SSSR count). The van der Waals surface area contributed by atoms with Gasteiger partial charge in [0.2, 0.25) is 20.0 Å². The Morgan fingerprint density at radius 2 is 0.957 bits per heavy atom. The van der Waals surface area contributed by atoms with Gasteiger partial charge in [-0.05, 0) is 86.4 Å². The molecule has 380 valence electrons. The van der Waals surface area contributed by atoms with Gasteiger partial charge in [0.25, 0.3) is 0 Å². The molecule has 2 atom stereocenters. The molecule has 0 aromatic heterocycles. The first kappa shape index (κ1) is 53.3. The summed E-state index contributed by atoms with van der Waals surface area (Å²) >= 11 is 3.13. The van der Waals surface area contributed by atoms with Gasteiger partial charge < -0.3 is 29.5 Å². The van der Waals surface area contributed by atoms with Crippen LogP contribution in [0.15, 0.2) is 105 Å². The highest BCUT2D eigenvalue weighted by atomic mass is 32.2. The molecule has 2 saturated carbocycles. The number of sulfonamides is 2. The highest BCUT2D eigenvalue weighted by Crippen LogP contribution is 2.50. The highest BCUT2D eigenvalue weighted by Gasteiger charge is 2.52. The Balaban J connectivity index is 0.000000206. The average Bonchev–Trinajstić information content (AvgIpc) is 4.30. The molecule has 0 radical (unpaired) electrons. The Hall–Kier alpha value is -4.46. The second-order valence-corrected chi connectivity index (χ2v) is 25.2. The van der Waals surface area contributed by atoms with Crippen molar-refractivity contribution in [2.24, 2.45) is 10.8 Å². The van der Waals surface area contributed by atoms with Crippen LogP contribution in [0.1, 0.15) is 91.9 Å². The van der Waals surface area contributed by atoms with E-state index in [1.807, 2.05) is 86.6 Å². The van der Waals surface area contributed by atoms with E-state index >= 15 is 0 Å². The number of thioether (sulfide) groups is 2. The number of aliphatic carboxylic acids is 2. The number of unbranched alkanes of at least 4 members (excludes halogenated alkanes) is 2.